The Morgan fingerprint density at radius 2 is 1.73 bits per heavy atom. The van der Waals surface area contributed by atoms with Gasteiger partial charge in [0.1, 0.15) is 5.75 Å². The minimum Gasteiger partial charge on any atom is -0.497 e. The number of hydrogen-bond donors (Lipinski definition) is 1. The molecule has 1 aromatic rings. The number of carbonyl (C=O) groups is 2. The number of rotatable bonds is 7. The Morgan fingerprint density at radius 1 is 1.12 bits per heavy atom. The molecule has 1 fully saturated rings. The molecule has 1 saturated heterocycles. The first kappa shape index (κ1) is 20.2. The molecule has 1 aliphatic heterocycles. The Labute approximate surface area is 156 Å². The first-order valence-electron chi connectivity index (χ1n) is 9.30. The number of carbonyl (C=O) groups excluding carboxylic acids is 2. The Kier molecular flexibility index (Phi) is 7.45. The normalized spacial score (nSPS) is 16.4. The number of methoxy groups -OCH3 is 1. The van der Waals surface area contributed by atoms with Crippen molar-refractivity contribution in [1.82, 2.24) is 15.1 Å². The second kappa shape index (κ2) is 9.57. The van der Waals surface area contributed by atoms with Gasteiger partial charge < -0.3 is 15.0 Å². The van der Waals surface area contributed by atoms with Crippen LogP contribution in [0.5, 0.6) is 5.75 Å². The SMILES string of the molecule is COc1ccc(C(CC(=O)N2CCN(CC(C)C)CC2)NC(C)=O)cc1. The highest BCUT2D eigenvalue weighted by Gasteiger charge is 2.25. The highest BCUT2D eigenvalue weighted by Crippen LogP contribution is 2.21. The summed E-state index contributed by atoms with van der Waals surface area (Å²) in [7, 11) is 1.61. The molecule has 2 amide bonds. The Balaban J connectivity index is 1.97. The average Bonchev–Trinajstić information content (AvgIpc) is 2.61. The van der Waals surface area contributed by atoms with Crippen molar-refractivity contribution in [3.8, 4) is 5.75 Å². The van der Waals surface area contributed by atoms with E-state index in [1.807, 2.05) is 29.2 Å². The van der Waals surface area contributed by atoms with Gasteiger partial charge in [-0.3, -0.25) is 14.5 Å². The van der Waals surface area contributed by atoms with Crippen LogP contribution in [0.3, 0.4) is 0 Å². The third-order valence-corrected chi connectivity index (χ3v) is 4.62. The van der Waals surface area contributed by atoms with Crippen LogP contribution in [0.1, 0.15) is 38.8 Å². The fourth-order valence-electron chi connectivity index (χ4n) is 3.33. The lowest BCUT2D eigenvalue weighted by atomic mass is 10.0. The van der Waals surface area contributed by atoms with Gasteiger partial charge in [0.25, 0.3) is 0 Å². The summed E-state index contributed by atoms with van der Waals surface area (Å²) in [6, 6.07) is 7.17. The van der Waals surface area contributed by atoms with Crippen LogP contribution in [-0.4, -0.2) is 61.4 Å². The lowest BCUT2D eigenvalue weighted by Gasteiger charge is -2.36. The third-order valence-electron chi connectivity index (χ3n) is 4.62. The van der Waals surface area contributed by atoms with Crippen molar-refractivity contribution in [1.29, 1.82) is 0 Å². The van der Waals surface area contributed by atoms with Crippen LogP contribution in [0.15, 0.2) is 24.3 Å². The van der Waals surface area contributed by atoms with E-state index in [0.717, 1.165) is 44.0 Å². The summed E-state index contributed by atoms with van der Waals surface area (Å²) in [5.74, 6) is 1.34. The van der Waals surface area contributed by atoms with Crippen molar-refractivity contribution in [3.05, 3.63) is 29.8 Å². The standard InChI is InChI=1S/C20H31N3O3/c1-15(2)14-22-9-11-23(12-10-22)20(25)13-19(21-16(3)24)17-5-7-18(26-4)8-6-17/h5-8,15,19H,9-14H2,1-4H3,(H,21,24). The smallest absolute Gasteiger partial charge is 0.225 e. The molecule has 1 unspecified atom stereocenters. The van der Waals surface area contributed by atoms with Gasteiger partial charge in [0, 0.05) is 39.6 Å². The minimum absolute atomic E-state index is 0.0868. The van der Waals surface area contributed by atoms with E-state index in [4.69, 9.17) is 4.74 Å². The van der Waals surface area contributed by atoms with Gasteiger partial charge in [-0.25, -0.2) is 0 Å². The van der Waals surface area contributed by atoms with Gasteiger partial charge in [-0.15, -0.1) is 0 Å². The second-order valence-electron chi connectivity index (χ2n) is 7.31. The zero-order valence-electron chi connectivity index (χ0n) is 16.3. The molecule has 0 spiro atoms. The molecule has 1 atom stereocenters. The maximum atomic E-state index is 12.7. The average molecular weight is 361 g/mol. The quantitative estimate of drug-likeness (QED) is 0.808. The number of ether oxygens (including phenoxy) is 1. The van der Waals surface area contributed by atoms with Gasteiger partial charge in [-0.2, -0.15) is 0 Å². The van der Waals surface area contributed by atoms with Crippen molar-refractivity contribution in [2.75, 3.05) is 39.8 Å². The van der Waals surface area contributed by atoms with E-state index in [2.05, 4.69) is 24.1 Å². The predicted octanol–water partition coefficient (Wildman–Crippen LogP) is 2.06. The molecule has 144 valence electrons. The molecule has 0 bridgehead atoms. The van der Waals surface area contributed by atoms with Crippen LogP contribution in [0, 0.1) is 5.92 Å². The summed E-state index contributed by atoms with van der Waals surface area (Å²) >= 11 is 0. The molecular weight excluding hydrogens is 330 g/mol. The van der Waals surface area contributed by atoms with E-state index < -0.39 is 0 Å². The second-order valence-corrected chi connectivity index (χ2v) is 7.31. The van der Waals surface area contributed by atoms with Crippen molar-refractivity contribution in [2.45, 2.75) is 33.2 Å². The molecule has 1 aliphatic rings. The molecular formula is C20H31N3O3. The van der Waals surface area contributed by atoms with Crippen LogP contribution < -0.4 is 10.1 Å². The molecule has 0 aromatic heterocycles. The molecule has 2 rings (SSSR count). The van der Waals surface area contributed by atoms with E-state index >= 15 is 0 Å². The molecule has 1 N–H and O–H groups in total. The Hall–Kier alpha value is -2.08. The van der Waals surface area contributed by atoms with Crippen molar-refractivity contribution in [3.63, 3.8) is 0 Å². The number of nitrogens with one attached hydrogen (secondary N) is 1. The third kappa shape index (κ3) is 6.02. The van der Waals surface area contributed by atoms with Crippen molar-refractivity contribution < 1.29 is 14.3 Å². The number of benzene rings is 1. The molecule has 6 heteroatoms. The van der Waals surface area contributed by atoms with E-state index in [1.165, 1.54) is 6.92 Å². The number of nitrogens with zero attached hydrogens (tertiary/aromatic N) is 2. The summed E-state index contributed by atoms with van der Waals surface area (Å²) in [5.41, 5.74) is 0.910. The van der Waals surface area contributed by atoms with Crippen LogP contribution >= 0.6 is 0 Å². The van der Waals surface area contributed by atoms with Gasteiger partial charge in [0.05, 0.1) is 19.6 Å². The van der Waals surface area contributed by atoms with Gasteiger partial charge in [-0.1, -0.05) is 26.0 Å². The minimum atomic E-state index is -0.320. The first-order valence-corrected chi connectivity index (χ1v) is 9.30. The van der Waals surface area contributed by atoms with Gasteiger partial charge >= 0.3 is 0 Å². The van der Waals surface area contributed by atoms with Crippen molar-refractivity contribution >= 4 is 11.8 Å². The van der Waals surface area contributed by atoms with Crippen LogP contribution in [-0.2, 0) is 9.59 Å². The summed E-state index contributed by atoms with van der Waals surface area (Å²) in [4.78, 5) is 28.7. The number of amides is 2. The molecule has 6 nitrogen and oxygen atoms in total. The van der Waals surface area contributed by atoms with E-state index in [1.54, 1.807) is 7.11 Å². The first-order chi connectivity index (χ1) is 12.4. The monoisotopic (exact) mass is 361 g/mol. The van der Waals surface area contributed by atoms with Crippen LogP contribution in [0.2, 0.25) is 0 Å². The molecule has 0 saturated carbocycles. The van der Waals surface area contributed by atoms with Gasteiger partial charge in [0.15, 0.2) is 0 Å². The van der Waals surface area contributed by atoms with Crippen LogP contribution in [0.25, 0.3) is 0 Å². The van der Waals surface area contributed by atoms with Crippen LogP contribution in [0.4, 0.5) is 0 Å². The highest BCUT2D eigenvalue weighted by molar-refractivity contribution is 5.79. The highest BCUT2D eigenvalue weighted by atomic mass is 16.5. The molecule has 1 heterocycles. The lowest BCUT2D eigenvalue weighted by molar-refractivity contribution is -0.133. The molecule has 0 radical (unpaired) electrons. The number of piperazine rings is 1. The number of hydrogen-bond acceptors (Lipinski definition) is 4. The predicted molar refractivity (Wildman–Crippen MR) is 102 cm³/mol. The fraction of sp³-hybridized carbons (Fsp3) is 0.600. The van der Waals surface area contributed by atoms with E-state index in [0.29, 0.717) is 5.92 Å². The zero-order chi connectivity index (χ0) is 19.1. The van der Waals surface area contributed by atoms with Gasteiger partial charge in [-0.05, 0) is 23.6 Å². The zero-order valence-corrected chi connectivity index (χ0v) is 16.3. The Bertz CT molecular complexity index is 593. The van der Waals surface area contributed by atoms with Crippen molar-refractivity contribution in [2.24, 2.45) is 5.92 Å². The van der Waals surface area contributed by atoms with E-state index in [9.17, 15) is 9.59 Å². The maximum Gasteiger partial charge on any atom is 0.225 e. The molecule has 26 heavy (non-hydrogen) atoms. The topological polar surface area (TPSA) is 61.9 Å². The lowest BCUT2D eigenvalue weighted by Crippen LogP contribution is -2.50. The van der Waals surface area contributed by atoms with Gasteiger partial charge in [0.2, 0.25) is 11.8 Å². The largest absolute Gasteiger partial charge is 0.497 e. The summed E-state index contributed by atoms with van der Waals surface area (Å²) < 4.78 is 5.18. The van der Waals surface area contributed by atoms with E-state index in [-0.39, 0.29) is 24.3 Å². The Morgan fingerprint density at radius 3 is 2.23 bits per heavy atom. The summed E-state index contributed by atoms with van der Waals surface area (Å²) in [6.45, 7) is 10.3. The summed E-state index contributed by atoms with van der Waals surface area (Å²) in [5, 5.41) is 2.90. The molecule has 0 aliphatic carbocycles. The maximum absolute atomic E-state index is 12.7. The summed E-state index contributed by atoms with van der Waals surface area (Å²) in [6.07, 6.45) is 0.274. The fourth-order valence-corrected chi connectivity index (χ4v) is 3.33. The molecule has 1 aromatic carbocycles.